The second-order valence-electron chi connectivity index (χ2n) is 4.19. The van der Waals surface area contributed by atoms with Gasteiger partial charge in [-0.15, -0.1) is 0 Å². The highest BCUT2D eigenvalue weighted by molar-refractivity contribution is 5.82. The Bertz CT molecular complexity index is 581. The molecular formula is C12H15N3O4. The van der Waals surface area contributed by atoms with E-state index >= 15 is 0 Å². The Morgan fingerprint density at radius 3 is 3.00 bits per heavy atom. The molecule has 1 heterocycles. The summed E-state index contributed by atoms with van der Waals surface area (Å²) in [5.74, 6) is 0.365. The number of benzene rings is 1. The average Bonchev–Trinajstić information content (AvgIpc) is 2.76. The highest BCUT2D eigenvalue weighted by Gasteiger charge is 2.12. The van der Waals surface area contributed by atoms with E-state index in [0.717, 1.165) is 10.9 Å². The van der Waals surface area contributed by atoms with Crippen LogP contribution in [0.4, 0.5) is 4.79 Å². The summed E-state index contributed by atoms with van der Waals surface area (Å²) in [6.07, 6.45) is -0.863. The van der Waals surface area contributed by atoms with Crippen LogP contribution in [0.5, 0.6) is 5.88 Å². The molecule has 0 fully saturated rings. The van der Waals surface area contributed by atoms with Gasteiger partial charge in [-0.2, -0.15) is 0 Å². The number of fused-ring (bicyclic) bond motifs is 1. The van der Waals surface area contributed by atoms with E-state index in [2.05, 4.69) is 9.89 Å². The molecular weight excluding hydrogens is 250 g/mol. The summed E-state index contributed by atoms with van der Waals surface area (Å²) >= 11 is 0. The molecule has 0 aliphatic heterocycles. The predicted molar refractivity (Wildman–Crippen MR) is 67.8 cm³/mol. The minimum absolute atomic E-state index is 0.00970. The number of hydrogen-bond donors (Lipinski definition) is 2. The first-order chi connectivity index (χ1) is 9.06. The van der Waals surface area contributed by atoms with Crippen molar-refractivity contribution in [2.45, 2.75) is 13.0 Å². The van der Waals surface area contributed by atoms with Crippen LogP contribution in [0.25, 0.3) is 11.0 Å². The lowest BCUT2D eigenvalue weighted by Crippen LogP contribution is -2.34. The number of nitrogens with zero attached hydrogens (tertiary/aromatic N) is 1. The maximum Gasteiger partial charge on any atom is 0.404 e. The van der Waals surface area contributed by atoms with Gasteiger partial charge in [0.2, 0.25) is 0 Å². The van der Waals surface area contributed by atoms with Gasteiger partial charge < -0.3 is 25.5 Å². The van der Waals surface area contributed by atoms with Crippen molar-refractivity contribution in [2.24, 2.45) is 11.5 Å². The molecule has 0 aliphatic rings. The van der Waals surface area contributed by atoms with Crippen LogP contribution < -0.4 is 16.2 Å². The van der Waals surface area contributed by atoms with E-state index in [0.29, 0.717) is 11.5 Å². The largest absolute Gasteiger partial charge is 0.473 e. The normalized spacial score (nSPS) is 12.3. The van der Waals surface area contributed by atoms with Crippen LogP contribution in [0.3, 0.4) is 0 Å². The molecule has 2 rings (SSSR count). The van der Waals surface area contributed by atoms with Crippen LogP contribution in [0, 0.1) is 6.92 Å². The molecule has 102 valence electrons. The molecule has 0 aliphatic carbocycles. The molecule has 1 aromatic heterocycles. The zero-order valence-electron chi connectivity index (χ0n) is 10.5. The first-order valence-corrected chi connectivity index (χ1v) is 5.73. The first-order valence-electron chi connectivity index (χ1n) is 5.73. The molecule has 2 aromatic rings. The van der Waals surface area contributed by atoms with Gasteiger partial charge in [0.05, 0.1) is 11.4 Å². The summed E-state index contributed by atoms with van der Waals surface area (Å²) in [6.45, 7) is 2.09. The van der Waals surface area contributed by atoms with Crippen molar-refractivity contribution in [3.05, 3.63) is 23.8 Å². The van der Waals surface area contributed by atoms with E-state index in [1.165, 1.54) is 0 Å². The van der Waals surface area contributed by atoms with Gasteiger partial charge in [0.25, 0.3) is 5.88 Å². The van der Waals surface area contributed by atoms with Crippen molar-refractivity contribution >= 4 is 17.1 Å². The van der Waals surface area contributed by atoms with Gasteiger partial charge in [-0.05, 0) is 29.8 Å². The molecule has 4 N–H and O–H groups in total. The molecule has 1 unspecified atom stereocenters. The van der Waals surface area contributed by atoms with Crippen LogP contribution in [-0.4, -0.2) is 30.5 Å². The second kappa shape index (κ2) is 5.57. The molecule has 0 saturated heterocycles. The van der Waals surface area contributed by atoms with Crippen LogP contribution in [-0.2, 0) is 4.74 Å². The van der Waals surface area contributed by atoms with Gasteiger partial charge >= 0.3 is 6.09 Å². The Balaban J connectivity index is 1.96. The SMILES string of the molecule is Cc1ccc2c(OCC(N)COC(N)=O)noc2c1. The summed E-state index contributed by atoms with van der Waals surface area (Å²) in [5.41, 5.74) is 12.2. The first kappa shape index (κ1) is 13.2. The Hall–Kier alpha value is -2.28. The molecule has 0 radical (unpaired) electrons. The van der Waals surface area contributed by atoms with E-state index in [-0.39, 0.29) is 13.2 Å². The smallest absolute Gasteiger partial charge is 0.404 e. The van der Waals surface area contributed by atoms with E-state index in [1.54, 1.807) is 0 Å². The van der Waals surface area contributed by atoms with Crippen molar-refractivity contribution in [3.63, 3.8) is 0 Å². The molecule has 1 atom stereocenters. The van der Waals surface area contributed by atoms with E-state index in [9.17, 15) is 4.79 Å². The topological polar surface area (TPSA) is 114 Å². The molecule has 1 amide bonds. The second-order valence-corrected chi connectivity index (χ2v) is 4.19. The number of rotatable bonds is 5. The molecule has 7 heteroatoms. The predicted octanol–water partition coefficient (Wildman–Crippen LogP) is 0.938. The van der Waals surface area contributed by atoms with Gasteiger partial charge in [0.1, 0.15) is 13.2 Å². The summed E-state index contributed by atoms with van der Waals surface area (Å²) < 4.78 is 15.1. The van der Waals surface area contributed by atoms with Gasteiger partial charge in [0.15, 0.2) is 5.58 Å². The van der Waals surface area contributed by atoms with Crippen LogP contribution >= 0.6 is 0 Å². The van der Waals surface area contributed by atoms with Crippen molar-refractivity contribution in [1.82, 2.24) is 5.16 Å². The lowest BCUT2D eigenvalue weighted by atomic mass is 10.2. The number of aryl methyl sites for hydroxylation is 1. The fourth-order valence-corrected chi connectivity index (χ4v) is 1.55. The molecule has 1 aromatic carbocycles. The molecule has 7 nitrogen and oxygen atoms in total. The summed E-state index contributed by atoms with van der Waals surface area (Å²) in [7, 11) is 0. The number of carbonyl (C=O) groups excluding carboxylic acids is 1. The fraction of sp³-hybridized carbons (Fsp3) is 0.333. The van der Waals surface area contributed by atoms with E-state index < -0.39 is 12.1 Å². The summed E-state index contributed by atoms with van der Waals surface area (Å²) in [4.78, 5) is 10.4. The maximum absolute atomic E-state index is 10.4. The van der Waals surface area contributed by atoms with E-state index in [4.69, 9.17) is 20.7 Å². The van der Waals surface area contributed by atoms with Gasteiger partial charge in [-0.25, -0.2) is 4.79 Å². The van der Waals surface area contributed by atoms with Crippen molar-refractivity contribution in [3.8, 4) is 5.88 Å². The number of amides is 1. The van der Waals surface area contributed by atoms with Crippen LogP contribution in [0.2, 0.25) is 0 Å². The number of carbonyl (C=O) groups is 1. The highest BCUT2D eigenvalue weighted by Crippen LogP contribution is 2.25. The lowest BCUT2D eigenvalue weighted by Gasteiger charge is -2.10. The van der Waals surface area contributed by atoms with Gasteiger partial charge in [-0.1, -0.05) is 6.07 Å². The number of aromatic nitrogens is 1. The zero-order chi connectivity index (χ0) is 13.8. The average molecular weight is 265 g/mol. The maximum atomic E-state index is 10.4. The Labute approximate surface area is 109 Å². The number of hydrogen-bond acceptors (Lipinski definition) is 6. The molecule has 0 spiro atoms. The van der Waals surface area contributed by atoms with Crippen molar-refractivity contribution < 1.29 is 18.8 Å². The third-order valence-electron chi connectivity index (χ3n) is 2.47. The monoisotopic (exact) mass is 265 g/mol. The van der Waals surface area contributed by atoms with Crippen molar-refractivity contribution in [2.75, 3.05) is 13.2 Å². The van der Waals surface area contributed by atoms with E-state index in [1.807, 2.05) is 25.1 Å². The number of nitrogens with two attached hydrogens (primary N) is 2. The van der Waals surface area contributed by atoms with Crippen molar-refractivity contribution in [1.29, 1.82) is 0 Å². The van der Waals surface area contributed by atoms with Gasteiger partial charge in [0, 0.05) is 0 Å². The molecule has 0 saturated carbocycles. The summed E-state index contributed by atoms with van der Waals surface area (Å²) in [6, 6.07) is 5.18. The summed E-state index contributed by atoms with van der Waals surface area (Å²) in [5, 5.41) is 4.59. The Morgan fingerprint density at radius 2 is 2.26 bits per heavy atom. The minimum atomic E-state index is -0.863. The third-order valence-corrected chi connectivity index (χ3v) is 2.47. The molecule has 19 heavy (non-hydrogen) atoms. The Kier molecular flexibility index (Phi) is 3.86. The third kappa shape index (κ3) is 3.35. The van der Waals surface area contributed by atoms with Crippen LogP contribution in [0.1, 0.15) is 5.56 Å². The molecule has 0 bridgehead atoms. The van der Waals surface area contributed by atoms with Gasteiger partial charge in [-0.3, -0.25) is 0 Å². The minimum Gasteiger partial charge on any atom is -0.473 e. The van der Waals surface area contributed by atoms with Crippen LogP contribution in [0.15, 0.2) is 22.7 Å². The fourth-order valence-electron chi connectivity index (χ4n) is 1.55. The standard InChI is InChI=1S/C12H15N3O4/c1-7-2-3-9-10(4-7)19-15-11(9)17-5-8(13)6-18-12(14)16/h2-4,8H,5-6,13H2,1H3,(H2,14,16). The lowest BCUT2D eigenvalue weighted by molar-refractivity contribution is 0.136. The highest BCUT2D eigenvalue weighted by atomic mass is 16.6. The quantitative estimate of drug-likeness (QED) is 0.831. The number of primary amides is 1. The number of ether oxygens (including phenoxy) is 2. The zero-order valence-corrected chi connectivity index (χ0v) is 10.5. The Morgan fingerprint density at radius 1 is 1.47 bits per heavy atom.